The average Bonchev–Trinajstić information content (AvgIpc) is 2.46. The minimum Gasteiger partial charge on any atom is -0.306 e. The van der Waals surface area contributed by atoms with E-state index in [0.29, 0.717) is 0 Å². The van der Waals surface area contributed by atoms with Gasteiger partial charge < -0.3 is 5.32 Å². The molecule has 0 spiro atoms. The molecule has 2 aromatic rings. The van der Waals surface area contributed by atoms with Gasteiger partial charge in [0.05, 0.1) is 6.04 Å². The third kappa shape index (κ3) is 3.70. The summed E-state index contributed by atoms with van der Waals surface area (Å²) >= 11 is 0. The molecule has 0 bridgehead atoms. The Hall–Kier alpha value is -1.67. The van der Waals surface area contributed by atoms with Gasteiger partial charge in [0.2, 0.25) is 0 Å². The zero-order chi connectivity index (χ0) is 15.4. The van der Waals surface area contributed by atoms with Gasteiger partial charge in [-0.1, -0.05) is 48.4 Å². The third-order valence-electron chi connectivity index (χ3n) is 3.81. The molecule has 112 valence electrons. The van der Waals surface area contributed by atoms with Crippen LogP contribution in [0.1, 0.15) is 47.2 Å². The quantitative estimate of drug-likeness (QED) is 0.829. The summed E-state index contributed by atoms with van der Waals surface area (Å²) in [6.45, 7) is 9.16. The topological polar surface area (TPSA) is 12.0 Å². The lowest BCUT2D eigenvalue weighted by Gasteiger charge is -2.23. The number of rotatable bonds is 5. The highest BCUT2D eigenvalue weighted by Gasteiger charge is 2.19. The third-order valence-corrected chi connectivity index (χ3v) is 3.81. The van der Waals surface area contributed by atoms with Crippen LogP contribution in [0.3, 0.4) is 0 Å². The minimum absolute atomic E-state index is 0.0928. The summed E-state index contributed by atoms with van der Waals surface area (Å²) in [6, 6.07) is 11.6. The summed E-state index contributed by atoms with van der Waals surface area (Å²) in [5, 5.41) is 3.50. The predicted molar refractivity (Wildman–Crippen MR) is 87.2 cm³/mol. The van der Waals surface area contributed by atoms with Crippen molar-refractivity contribution >= 4 is 0 Å². The van der Waals surface area contributed by atoms with Crippen molar-refractivity contribution in [2.75, 3.05) is 6.54 Å². The molecule has 21 heavy (non-hydrogen) atoms. The van der Waals surface area contributed by atoms with E-state index in [0.717, 1.165) is 29.7 Å². The number of halogens is 1. The molecule has 2 aromatic carbocycles. The van der Waals surface area contributed by atoms with Crippen LogP contribution < -0.4 is 5.32 Å². The van der Waals surface area contributed by atoms with E-state index in [1.807, 2.05) is 19.1 Å². The van der Waals surface area contributed by atoms with Gasteiger partial charge in [0.25, 0.3) is 0 Å². The van der Waals surface area contributed by atoms with Gasteiger partial charge in [-0.15, -0.1) is 0 Å². The van der Waals surface area contributed by atoms with Gasteiger partial charge in [0.15, 0.2) is 0 Å². The Balaban J connectivity index is 2.52. The van der Waals surface area contributed by atoms with Crippen LogP contribution in [-0.4, -0.2) is 6.54 Å². The van der Waals surface area contributed by atoms with Crippen molar-refractivity contribution in [3.63, 3.8) is 0 Å². The maximum atomic E-state index is 14.3. The zero-order valence-electron chi connectivity index (χ0n) is 13.3. The van der Waals surface area contributed by atoms with Crippen LogP contribution in [0.15, 0.2) is 36.4 Å². The van der Waals surface area contributed by atoms with E-state index in [9.17, 15) is 4.39 Å². The fourth-order valence-electron chi connectivity index (χ4n) is 2.63. The van der Waals surface area contributed by atoms with Crippen molar-refractivity contribution in [2.24, 2.45) is 0 Å². The zero-order valence-corrected chi connectivity index (χ0v) is 13.3. The maximum absolute atomic E-state index is 14.3. The smallest absolute Gasteiger partial charge is 0.128 e. The van der Waals surface area contributed by atoms with E-state index in [2.05, 4.69) is 44.3 Å². The molecule has 0 saturated carbocycles. The van der Waals surface area contributed by atoms with E-state index < -0.39 is 0 Å². The van der Waals surface area contributed by atoms with Crippen LogP contribution in [-0.2, 0) is 0 Å². The van der Waals surface area contributed by atoms with Crippen LogP contribution in [0, 0.1) is 26.6 Å². The Morgan fingerprint density at radius 3 is 2.24 bits per heavy atom. The second-order valence-corrected chi connectivity index (χ2v) is 5.77. The van der Waals surface area contributed by atoms with Crippen molar-refractivity contribution in [1.29, 1.82) is 0 Å². The fourth-order valence-corrected chi connectivity index (χ4v) is 2.63. The lowest BCUT2D eigenvalue weighted by atomic mass is 9.92. The van der Waals surface area contributed by atoms with Crippen LogP contribution in [0.4, 0.5) is 4.39 Å². The van der Waals surface area contributed by atoms with Gasteiger partial charge in [-0.2, -0.15) is 0 Å². The minimum atomic E-state index is -0.143. The predicted octanol–water partition coefficient (Wildman–Crippen LogP) is 4.84. The molecule has 0 aliphatic heterocycles. The fraction of sp³-hybridized carbons (Fsp3) is 0.368. The Kier molecular flexibility index (Phi) is 5.13. The van der Waals surface area contributed by atoms with Gasteiger partial charge in [0, 0.05) is 5.56 Å². The first kappa shape index (κ1) is 15.7. The molecule has 1 unspecified atom stereocenters. The molecule has 0 saturated heterocycles. The van der Waals surface area contributed by atoms with E-state index in [-0.39, 0.29) is 11.9 Å². The first-order valence-corrected chi connectivity index (χ1v) is 7.59. The molecule has 0 fully saturated rings. The van der Waals surface area contributed by atoms with Crippen LogP contribution in [0.25, 0.3) is 0 Å². The van der Waals surface area contributed by atoms with Crippen LogP contribution in [0.5, 0.6) is 0 Å². The van der Waals surface area contributed by atoms with Crippen molar-refractivity contribution in [2.45, 2.75) is 40.2 Å². The molecule has 1 atom stereocenters. The van der Waals surface area contributed by atoms with Crippen molar-refractivity contribution in [3.8, 4) is 0 Å². The Bertz CT molecular complexity index is 567. The largest absolute Gasteiger partial charge is 0.306 e. The molecule has 0 radical (unpaired) electrons. The SMILES string of the molecule is CCCNC(c1cc(C)ccc1C)c1cc(C)ccc1F. The summed E-state index contributed by atoms with van der Waals surface area (Å²) in [5.74, 6) is -0.143. The summed E-state index contributed by atoms with van der Waals surface area (Å²) in [4.78, 5) is 0. The van der Waals surface area contributed by atoms with E-state index in [1.54, 1.807) is 6.07 Å². The van der Waals surface area contributed by atoms with Crippen molar-refractivity contribution < 1.29 is 4.39 Å². The summed E-state index contributed by atoms with van der Waals surface area (Å²) in [7, 11) is 0. The highest BCUT2D eigenvalue weighted by atomic mass is 19.1. The normalized spacial score (nSPS) is 12.4. The molecule has 2 rings (SSSR count). The van der Waals surface area contributed by atoms with Crippen molar-refractivity contribution in [1.82, 2.24) is 5.32 Å². The van der Waals surface area contributed by atoms with Gasteiger partial charge in [-0.3, -0.25) is 0 Å². The second-order valence-electron chi connectivity index (χ2n) is 5.77. The maximum Gasteiger partial charge on any atom is 0.128 e. The summed E-state index contributed by atoms with van der Waals surface area (Å²) < 4.78 is 14.3. The average molecular weight is 285 g/mol. The number of aryl methyl sites for hydroxylation is 3. The van der Waals surface area contributed by atoms with Gasteiger partial charge in [0.1, 0.15) is 5.82 Å². The first-order chi connectivity index (χ1) is 10.0. The molecule has 1 N–H and O–H groups in total. The second kappa shape index (κ2) is 6.86. The molecular weight excluding hydrogens is 261 g/mol. The standard InChI is InChI=1S/C19H24FN/c1-5-10-21-19(16-11-13(2)6-8-15(16)4)17-12-14(3)7-9-18(17)20/h6-9,11-12,19,21H,5,10H2,1-4H3. The summed E-state index contributed by atoms with van der Waals surface area (Å²) in [6.07, 6.45) is 1.02. The number of hydrogen-bond acceptors (Lipinski definition) is 1. The number of nitrogens with one attached hydrogen (secondary N) is 1. The van der Waals surface area contributed by atoms with E-state index in [4.69, 9.17) is 0 Å². The Labute approximate surface area is 127 Å². The molecule has 1 nitrogen and oxygen atoms in total. The van der Waals surface area contributed by atoms with E-state index in [1.165, 1.54) is 11.1 Å². The number of benzene rings is 2. The molecule has 0 heterocycles. The van der Waals surface area contributed by atoms with Crippen LogP contribution in [0.2, 0.25) is 0 Å². The lowest BCUT2D eigenvalue weighted by Crippen LogP contribution is -2.25. The molecule has 0 aliphatic carbocycles. The highest BCUT2D eigenvalue weighted by Crippen LogP contribution is 2.28. The number of hydrogen-bond donors (Lipinski definition) is 1. The Morgan fingerprint density at radius 2 is 1.57 bits per heavy atom. The molecule has 0 aromatic heterocycles. The molecule has 0 amide bonds. The van der Waals surface area contributed by atoms with E-state index >= 15 is 0 Å². The van der Waals surface area contributed by atoms with Gasteiger partial charge >= 0.3 is 0 Å². The monoisotopic (exact) mass is 285 g/mol. The van der Waals surface area contributed by atoms with Gasteiger partial charge in [-0.25, -0.2) is 4.39 Å². The Morgan fingerprint density at radius 1 is 0.952 bits per heavy atom. The highest BCUT2D eigenvalue weighted by molar-refractivity contribution is 5.40. The van der Waals surface area contributed by atoms with Crippen molar-refractivity contribution in [3.05, 3.63) is 70.0 Å². The van der Waals surface area contributed by atoms with Crippen LogP contribution >= 0.6 is 0 Å². The first-order valence-electron chi connectivity index (χ1n) is 7.59. The molecule has 2 heteroatoms. The molecule has 0 aliphatic rings. The summed E-state index contributed by atoms with van der Waals surface area (Å²) in [5.41, 5.74) is 5.37. The molecular formula is C19H24FN. The lowest BCUT2D eigenvalue weighted by molar-refractivity contribution is 0.544. The van der Waals surface area contributed by atoms with Gasteiger partial charge in [-0.05, 0) is 50.9 Å².